The van der Waals surface area contributed by atoms with Crippen molar-refractivity contribution in [1.29, 1.82) is 0 Å². The summed E-state index contributed by atoms with van der Waals surface area (Å²) >= 11 is 0. The van der Waals surface area contributed by atoms with Gasteiger partial charge in [0.25, 0.3) is 0 Å². The van der Waals surface area contributed by atoms with Crippen molar-refractivity contribution >= 4 is 11.9 Å². The summed E-state index contributed by atoms with van der Waals surface area (Å²) in [4.78, 5) is 24.2. The number of benzene rings is 1. The summed E-state index contributed by atoms with van der Waals surface area (Å²) in [5.74, 6) is -0.160. The molecule has 6 heteroatoms. The van der Waals surface area contributed by atoms with E-state index < -0.39 is 17.5 Å². The van der Waals surface area contributed by atoms with Crippen LogP contribution >= 0.6 is 0 Å². The second-order valence-electron chi connectivity index (χ2n) is 11.6. The Morgan fingerprint density at radius 1 is 1.00 bits per heavy atom. The second-order valence-corrected chi connectivity index (χ2v) is 11.6. The summed E-state index contributed by atoms with van der Waals surface area (Å²) in [6.07, 6.45) is 9.92. The molecule has 178 valence electrons. The Kier molecular flexibility index (Phi) is 6.91. The van der Waals surface area contributed by atoms with E-state index in [1.165, 1.54) is 17.7 Å². The zero-order valence-electron chi connectivity index (χ0n) is 20.9. The van der Waals surface area contributed by atoms with Gasteiger partial charge in [-0.05, 0) is 86.5 Å². The number of carbonyl (C=O) groups excluding carboxylic acids is 2. The number of hydrogen-bond donors (Lipinski definition) is 1. The van der Waals surface area contributed by atoms with Crippen molar-refractivity contribution in [2.45, 2.75) is 83.8 Å². The molecule has 0 spiro atoms. The molecule has 0 unspecified atom stereocenters. The third-order valence-electron chi connectivity index (χ3n) is 10.3. The molecule has 1 N–H and O–H groups in total. The molecular weight excluding hydrogens is 439 g/mol. The molecule has 34 heavy (non-hydrogen) atoms. The molecule has 4 aliphatic rings. The van der Waals surface area contributed by atoms with Crippen molar-refractivity contribution in [3.63, 3.8) is 0 Å². The Balaban J connectivity index is 0.00000274. The molecule has 0 aromatic heterocycles. The Labute approximate surface area is 224 Å². The fourth-order valence-electron chi connectivity index (χ4n) is 8.03. The number of ether oxygens (including phenoxy) is 1. The van der Waals surface area contributed by atoms with E-state index in [0.717, 1.165) is 51.4 Å². The van der Waals surface area contributed by atoms with Crippen LogP contribution in [-0.2, 0) is 4.74 Å². The zero-order valence-corrected chi connectivity index (χ0v) is 22.9. The Morgan fingerprint density at radius 2 is 1.68 bits per heavy atom. The van der Waals surface area contributed by atoms with Gasteiger partial charge in [0.05, 0.1) is 17.1 Å². The van der Waals surface area contributed by atoms with E-state index in [0.29, 0.717) is 17.8 Å². The van der Waals surface area contributed by atoms with Crippen LogP contribution < -0.4 is 34.7 Å². The maximum Gasteiger partial charge on any atom is 1.00 e. The molecule has 0 amide bonds. The number of aromatic carboxylic acids is 1. The number of hydrogen-bond acceptors (Lipinski definition) is 5. The molecule has 7 atom stereocenters. The molecule has 3 saturated carbocycles. The first-order valence-corrected chi connectivity index (χ1v) is 12.5. The topological polar surface area (TPSA) is 86.7 Å². The first-order chi connectivity index (χ1) is 15.6. The third-order valence-corrected chi connectivity index (χ3v) is 10.3. The molecule has 3 fully saturated rings. The van der Waals surface area contributed by atoms with Crippen molar-refractivity contribution < 1.29 is 54.1 Å². The van der Waals surface area contributed by atoms with Crippen molar-refractivity contribution in [2.75, 3.05) is 0 Å². The molecule has 0 bridgehead atoms. The normalized spacial score (nSPS) is 40.6. The van der Waals surface area contributed by atoms with E-state index in [1.807, 2.05) is 6.92 Å². The molecule has 1 aromatic rings. The van der Waals surface area contributed by atoms with Crippen molar-refractivity contribution in [2.24, 2.45) is 28.6 Å². The van der Waals surface area contributed by atoms with Gasteiger partial charge >= 0.3 is 35.5 Å². The van der Waals surface area contributed by atoms with Crippen LogP contribution in [0, 0.1) is 28.6 Å². The van der Waals surface area contributed by atoms with Gasteiger partial charge in [0, 0.05) is 12.0 Å². The van der Waals surface area contributed by atoms with Gasteiger partial charge < -0.3 is 19.7 Å². The summed E-state index contributed by atoms with van der Waals surface area (Å²) in [5, 5.41) is 22.5. The smallest absolute Gasteiger partial charge is 0.545 e. The van der Waals surface area contributed by atoms with E-state index in [4.69, 9.17) is 4.74 Å². The van der Waals surface area contributed by atoms with E-state index in [2.05, 4.69) is 19.9 Å². The number of carbonyl (C=O) groups is 2. The average Bonchev–Trinajstić information content (AvgIpc) is 3.03. The number of carboxylic acid groups (broad SMARTS) is 1. The molecule has 0 heterocycles. The number of rotatable bonds is 3. The van der Waals surface area contributed by atoms with Gasteiger partial charge in [0.2, 0.25) is 0 Å². The van der Waals surface area contributed by atoms with Crippen LogP contribution in [-0.4, -0.2) is 28.8 Å². The van der Waals surface area contributed by atoms with Crippen LogP contribution in [0.15, 0.2) is 35.9 Å². The van der Waals surface area contributed by atoms with E-state index in [1.54, 1.807) is 12.1 Å². The Morgan fingerprint density at radius 3 is 2.38 bits per heavy atom. The molecule has 5 rings (SSSR count). The van der Waals surface area contributed by atoms with Crippen LogP contribution in [0.4, 0.5) is 0 Å². The monoisotopic (exact) mass is 474 g/mol. The minimum absolute atomic E-state index is 0. The molecule has 0 aliphatic heterocycles. The molecule has 0 saturated heterocycles. The van der Waals surface area contributed by atoms with E-state index in [-0.39, 0.29) is 57.6 Å². The minimum Gasteiger partial charge on any atom is -0.545 e. The van der Waals surface area contributed by atoms with Crippen molar-refractivity contribution in [3.8, 4) is 0 Å². The number of aliphatic hydroxyl groups is 1. The predicted octanol–water partition coefficient (Wildman–Crippen LogP) is 1.29. The molecule has 4 aliphatic carbocycles. The summed E-state index contributed by atoms with van der Waals surface area (Å²) in [6.45, 7) is 6.75. The Bertz CT molecular complexity index is 1020. The van der Waals surface area contributed by atoms with Crippen LogP contribution in [0.1, 0.15) is 92.9 Å². The molecular formula is C28H35NaO5. The number of carboxylic acids is 1. The summed E-state index contributed by atoms with van der Waals surface area (Å²) < 4.78 is 5.81. The van der Waals surface area contributed by atoms with Gasteiger partial charge in [0.1, 0.15) is 6.10 Å². The zero-order chi connectivity index (χ0) is 23.6. The summed E-state index contributed by atoms with van der Waals surface area (Å²) in [7, 11) is 0. The van der Waals surface area contributed by atoms with Crippen LogP contribution in [0.2, 0.25) is 0 Å². The molecule has 0 radical (unpaired) electrons. The first-order valence-electron chi connectivity index (χ1n) is 12.5. The standard InChI is InChI=1S/C28H36O5.Na/c1-26-13-10-18(33-25(31)20-7-5-4-6-19(20)24(29)30)16-17(26)8-9-21-22(26)11-14-27(2)23(21)12-15-28(27,3)32;/h4-8,18,21-23,32H,9-16H2,1-3H3,(H,29,30);/q;+1/p-1/t18-,21+,22-,23-,26-,27-,28-;/m0./s1. The first kappa shape index (κ1) is 25.9. The summed E-state index contributed by atoms with van der Waals surface area (Å²) in [5.41, 5.74) is 0.888. The molecule has 5 nitrogen and oxygen atoms in total. The fraction of sp³-hybridized carbons (Fsp3) is 0.643. The molecule has 1 aromatic carbocycles. The van der Waals surface area contributed by atoms with E-state index >= 15 is 0 Å². The van der Waals surface area contributed by atoms with Gasteiger partial charge in [-0.2, -0.15) is 0 Å². The maximum absolute atomic E-state index is 12.8. The van der Waals surface area contributed by atoms with Crippen molar-refractivity contribution in [3.05, 3.63) is 47.0 Å². The van der Waals surface area contributed by atoms with Crippen LogP contribution in [0.25, 0.3) is 0 Å². The number of allylic oxidation sites excluding steroid dienone is 1. The third kappa shape index (κ3) is 3.91. The SMILES string of the molecule is C[C@]12CC[C@H](OC(=O)c3ccccc3C(=O)[O-])CC1=CC[C@@H]1[C@@H]2CC[C@@]2(C)[C@H]1CC[C@]2(C)O.[Na+]. The fourth-order valence-corrected chi connectivity index (χ4v) is 8.03. The van der Waals surface area contributed by atoms with Crippen LogP contribution in [0.5, 0.6) is 0 Å². The van der Waals surface area contributed by atoms with Gasteiger partial charge in [-0.3, -0.25) is 0 Å². The maximum atomic E-state index is 12.8. The average molecular weight is 475 g/mol. The largest absolute Gasteiger partial charge is 1.00 e. The summed E-state index contributed by atoms with van der Waals surface area (Å²) in [6, 6.07) is 6.09. The van der Waals surface area contributed by atoms with E-state index in [9.17, 15) is 19.8 Å². The number of fused-ring (bicyclic) bond motifs is 5. The predicted molar refractivity (Wildman–Crippen MR) is 122 cm³/mol. The second kappa shape index (κ2) is 9.06. The van der Waals surface area contributed by atoms with Gasteiger partial charge in [0.15, 0.2) is 0 Å². The van der Waals surface area contributed by atoms with Gasteiger partial charge in [-0.25, -0.2) is 4.79 Å². The Hall–Kier alpha value is -1.14. The van der Waals surface area contributed by atoms with Crippen molar-refractivity contribution in [1.82, 2.24) is 0 Å². The quantitative estimate of drug-likeness (QED) is 0.405. The van der Waals surface area contributed by atoms with Gasteiger partial charge in [-0.1, -0.05) is 43.7 Å². The minimum atomic E-state index is -1.37. The van der Waals surface area contributed by atoms with Gasteiger partial charge in [-0.15, -0.1) is 0 Å². The van der Waals surface area contributed by atoms with Crippen LogP contribution in [0.3, 0.4) is 0 Å². The number of esters is 1.